The minimum absolute atomic E-state index is 0.112. The van der Waals surface area contributed by atoms with Crippen LogP contribution in [0.2, 0.25) is 0 Å². The summed E-state index contributed by atoms with van der Waals surface area (Å²) in [4.78, 5) is 23.4. The van der Waals surface area contributed by atoms with E-state index in [1.807, 2.05) is 31.2 Å². The first-order chi connectivity index (χ1) is 12.0. The Morgan fingerprint density at radius 2 is 1.96 bits per heavy atom. The number of aryl methyl sites for hydroxylation is 1. The average molecular weight is 343 g/mol. The van der Waals surface area contributed by atoms with Gasteiger partial charge in [-0.2, -0.15) is 0 Å². The molecule has 0 radical (unpaired) electrons. The van der Waals surface area contributed by atoms with Gasteiger partial charge < -0.3 is 19.6 Å². The van der Waals surface area contributed by atoms with Crippen LogP contribution in [0.3, 0.4) is 0 Å². The van der Waals surface area contributed by atoms with Crippen molar-refractivity contribution in [2.45, 2.75) is 32.4 Å². The SMILES string of the molecule is Cc1ccc(C2OCCCC2C(=O)NCc2ccc(C(=O)O)o2)cc1. The molecule has 2 atom stereocenters. The number of amides is 1. The number of rotatable bonds is 5. The summed E-state index contributed by atoms with van der Waals surface area (Å²) in [7, 11) is 0. The van der Waals surface area contributed by atoms with Gasteiger partial charge in [0.05, 0.1) is 18.6 Å². The van der Waals surface area contributed by atoms with E-state index in [2.05, 4.69) is 5.32 Å². The summed E-state index contributed by atoms with van der Waals surface area (Å²) < 4.78 is 11.0. The quantitative estimate of drug-likeness (QED) is 0.871. The smallest absolute Gasteiger partial charge is 0.371 e. The number of benzene rings is 1. The maximum atomic E-state index is 12.6. The average Bonchev–Trinajstić information content (AvgIpc) is 3.10. The molecule has 25 heavy (non-hydrogen) atoms. The number of nitrogens with one attached hydrogen (secondary N) is 1. The van der Waals surface area contributed by atoms with Crippen LogP contribution >= 0.6 is 0 Å². The van der Waals surface area contributed by atoms with Crippen molar-refractivity contribution in [3.63, 3.8) is 0 Å². The van der Waals surface area contributed by atoms with Crippen molar-refractivity contribution in [3.8, 4) is 0 Å². The highest BCUT2D eigenvalue weighted by Crippen LogP contribution is 2.34. The maximum Gasteiger partial charge on any atom is 0.371 e. The van der Waals surface area contributed by atoms with Crippen molar-refractivity contribution in [1.29, 1.82) is 0 Å². The lowest BCUT2D eigenvalue weighted by Crippen LogP contribution is -2.37. The minimum atomic E-state index is -1.13. The largest absolute Gasteiger partial charge is 0.475 e. The molecule has 1 amide bonds. The Kier molecular flexibility index (Phi) is 5.19. The highest BCUT2D eigenvalue weighted by molar-refractivity contribution is 5.84. The van der Waals surface area contributed by atoms with Gasteiger partial charge in [-0.3, -0.25) is 4.79 Å². The van der Waals surface area contributed by atoms with E-state index in [9.17, 15) is 9.59 Å². The molecule has 132 valence electrons. The second-order valence-corrected chi connectivity index (χ2v) is 6.24. The summed E-state index contributed by atoms with van der Waals surface area (Å²) in [5.74, 6) is -1.24. The normalized spacial score (nSPS) is 20.2. The molecule has 6 nitrogen and oxygen atoms in total. The molecule has 6 heteroatoms. The number of carboxylic acid groups (broad SMARTS) is 1. The maximum absolute atomic E-state index is 12.6. The van der Waals surface area contributed by atoms with Crippen molar-refractivity contribution in [2.24, 2.45) is 5.92 Å². The van der Waals surface area contributed by atoms with Crippen molar-refractivity contribution in [3.05, 3.63) is 59.0 Å². The van der Waals surface area contributed by atoms with Gasteiger partial charge in [0.15, 0.2) is 0 Å². The van der Waals surface area contributed by atoms with Crippen molar-refractivity contribution < 1.29 is 23.8 Å². The van der Waals surface area contributed by atoms with Crippen LogP contribution < -0.4 is 5.32 Å². The van der Waals surface area contributed by atoms with Gasteiger partial charge in [0.2, 0.25) is 11.7 Å². The summed E-state index contributed by atoms with van der Waals surface area (Å²) in [6, 6.07) is 11.0. The zero-order valence-electron chi connectivity index (χ0n) is 14.0. The summed E-state index contributed by atoms with van der Waals surface area (Å²) >= 11 is 0. The number of carbonyl (C=O) groups excluding carboxylic acids is 1. The van der Waals surface area contributed by atoms with Gasteiger partial charge in [0.1, 0.15) is 5.76 Å². The predicted molar refractivity (Wildman–Crippen MR) is 90.1 cm³/mol. The van der Waals surface area contributed by atoms with Gasteiger partial charge in [-0.1, -0.05) is 29.8 Å². The summed E-state index contributed by atoms with van der Waals surface area (Å²) in [5, 5.41) is 11.7. The Morgan fingerprint density at radius 1 is 1.20 bits per heavy atom. The fourth-order valence-electron chi connectivity index (χ4n) is 3.03. The van der Waals surface area contributed by atoms with Gasteiger partial charge in [-0.05, 0) is 37.5 Å². The second-order valence-electron chi connectivity index (χ2n) is 6.24. The molecule has 2 unspecified atom stereocenters. The highest BCUT2D eigenvalue weighted by Gasteiger charge is 2.33. The van der Waals surface area contributed by atoms with Crippen molar-refractivity contribution in [2.75, 3.05) is 6.61 Å². The first-order valence-electron chi connectivity index (χ1n) is 8.32. The molecule has 0 bridgehead atoms. The number of hydrogen-bond donors (Lipinski definition) is 2. The Labute approximate surface area is 145 Å². The third kappa shape index (κ3) is 4.09. The first kappa shape index (κ1) is 17.2. The molecule has 2 N–H and O–H groups in total. The number of furan rings is 1. The van der Waals surface area contributed by atoms with E-state index in [-0.39, 0.29) is 30.2 Å². The third-order valence-electron chi connectivity index (χ3n) is 4.37. The Balaban J connectivity index is 1.66. The fraction of sp³-hybridized carbons (Fsp3) is 0.368. The van der Waals surface area contributed by atoms with Crippen LogP contribution in [0.1, 0.15) is 46.4 Å². The summed E-state index contributed by atoms with van der Waals surface area (Å²) in [5.41, 5.74) is 2.16. The number of hydrogen-bond acceptors (Lipinski definition) is 4. The van der Waals surface area contributed by atoms with Crippen molar-refractivity contribution >= 4 is 11.9 Å². The molecular weight excluding hydrogens is 322 g/mol. The molecular formula is C19H21NO5. The molecule has 1 saturated heterocycles. The summed E-state index contributed by atoms with van der Waals surface area (Å²) in [6.45, 7) is 2.82. The first-order valence-corrected chi connectivity index (χ1v) is 8.32. The topological polar surface area (TPSA) is 88.8 Å². The summed E-state index contributed by atoms with van der Waals surface area (Å²) in [6.07, 6.45) is 1.33. The standard InChI is InChI=1S/C19H21NO5/c1-12-4-6-13(7-5-12)17-15(3-2-10-24-17)18(21)20-11-14-8-9-16(25-14)19(22)23/h4-9,15,17H,2-3,10-11H2,1H3,(H,20,21)(H,22,23). The van der Waals surface area contributed by atoms with E-state index in [4.69, 9.17) is 14.3 Å². The molecule has 2 aromatic rings. The van der Waals surface area contributed by atoms with Gasteiger partial charge in [0.25, 0.3) is 0 Å². The lowest BCUT2D eigenvalue weighted by atomic mass is 9.88. The van der Waals surface area contributed by atoms with Crippen LogP contribution in [0.5, 0.6) is 0 Å². The minimum Gasteiger partial charge on any atom is -0.475 e. The molecule has 0 aliphatic carbocycles. The molecule has 2 heterocycles. The van der Waals surface area contributed by atoms with E-state index in [0.29, 0.717) is 12.4 Å². The molecule has 1 aliphatic rings. The number of carboxylic acids is 1. The fourth-order valence-corrected chi connectivity index (χ4v) is 3.03. The molecule has 1 aromatic carbocycles. The van der Waals surface area contributed by atoms with Crippen LogP contribution in [-0.2, 0) is 16.1 Å². The van der Waals surface area contributed by atoms with E-state index in [1.165, 1.54) is 6.07 Å². The van der Waals surface area contributed by atoms with Gasteiger partial charge in [-0.15, -0.1) is 0 Å². The highest BCUT2D eigenvalue weighted by atomic mass is 16.5. The van der Waals surface area contributed by atoms with E-state index in [0.717, 1.165) is 24.0 Å². The predicted octanol–water partition coefficient (Wildman–Crippen LogP) is 3.07. The second kappa shape index (κ2) is 7.53. The van der Waals surface area contributed by atoms with Crippen molar-refractivity contribution in [1.82, 2.24) is 5.32 Å². The van der Waals surface area contributed by atoms with Gasteiger partial charge in [-0.25, -0.2) is 4.79 Å². The zero-order valence-corrected chi connectivity index (χ0v) is 14.0. The van der Waals surface area contributed by atoms with E-state index < -0.39 is 5.97 Å². The Morgan fingerprint density at radius 3 is 2.64 bits per heavy atom. The lowest BCUT2D eigenvalue weighted by Gasteiger charge is -2.31. The monoisotopic (exact) mass is 343 g/mol. The molecule has 0 saturated carbocycles. The Hall–Kier alpha value is -2.60. The number of aromatic carboxylic acids is 1. The van der Waals surface area contributed by atoms with Crippen LogP contribution in [0.25, 0.3) is 0 Å². The van der Waals surface area contributed by atoms with E-state index in [1.54, 1.807) is 6.07 Å². The third-order valence-corrected chi connectivity index (χ3v) is 4.37. The van der Waals surface area contributed by atoms with Crippen LogP contribution in [-0.4, -0.2) is 23.6 Å². The molecule has 1 aromatic heterocycles. The molecule has 3 rings (SSSR count). The molecule has 0 spiro atoms. The van der Waals surface area contributed by atoms with Crippen LogP contribution in [0, 0.1) is 12.8 Å². The molecule has 1 fully saturated rings. The lowest BCUT2D eigenvalue weighted by molar-refractivity contribution is -0.135. The Bertz CT molecular complexity index is 749. The van der Waals surface area contributed by atoms with E-state index >= 15 is 0 Å². The van der Waals surface area contributed by atoms with Gasteiger partial charge >= 0.3 is 5.97 Å². The van der Waals surface area contributed by atoms with Gasteiger partial charge in [0, 0.05) is 6.61 Å². The number of ether oxygens (including phenoxy) is 1. The molecule has 1 aliphatic heterocycles. The number of carbonyl (C=O) groups is 2. The van der Waals surface area contributed by atoms with Crippen LogP contribution in [0.4, 0.5) is 0 Å². The zero-order chi connectivity index (χ0) is 17.8. The van der Waals surface area contributed by atoms with Crippen LogP contribution in [0.15, 0.2) is 40.8 Å².